The van der Waals surface area contributed by atoms with E-state index >= 15 is 0 Å². The van der Waals surface area contributed by atoms with Crippen LogP contribution in [-0.2, 0) is 4.79 Å². The SMILES string of the molecule is COc1c(C(=O)O)cnc(Cl)c1[C@H]1CC[C@@H](C(=O)N2CCC[C@H]2C#N)N1. The Bertz CT molecular complexity index is 779. The molecule has 1 amide bonds. The van der Waals surface area contributed by atoms with Crippen LogP contribution >= 0.6 is 11.6 Å². The van der Waals surface area contributed by atoms with E-state index in [2.05, 4.69) is 16.4 Å². The lowest BCUT2D eigenvalue weighted by Gasteiger charge is -2.24. The van der Waals surface area contributed by atoms with Crippen molar-refractivity contribution >= 4 is 23.5 Å². The zero-order valence-corrected chi connectivity index (χ0v) is 15.0. The molecule has 3 heterocycles. The molecule has 1 aromatic rings. The number of methoxy groups -OCH3 is 1. The number of hydrogen-bond acceptors (Lipinski definition) is 6. The van der Waals surface area contributed by atoms with E-state index < -0.39 is 12.0 Å². The van der Waals surface area contributed by atoms with Crippen LogP contribution in [0.15, 0.2) is 6.20 Å². The van der Waals surface area contributed by atoms with Gasteiger partial charge in [0, 0.05) is 24.3 Å². The van der Waals surface area contributed by atoms with Gasteiger partial charge in [0.05, 0.1) is 19.2 Å². The first-order valence-corrected chi connectivity index (χ1v) is 8.77. The van der Waals surface area contributed by atoms with Crippen LogP contribution in [0, 0.1) is 11.3 Å². The Balaban J connectivity index is 1.83. The molecule has 3 rings (SSSR count). The Morgan fingerprint density at radius 2 is 2.23 bits per heavy atom. The van der Waals surface area contributed by atoms with Crippen molar-refractivity contribution in [3.05, 3.63) is 22.5 Å². The number of rotatable bonds is 4. The van der Waals surface area contributed by atoms with Gasteiger partial charge in [0.25, 0.3) is 0 Å². The highest BCUT2D eigenvalue weighted by atomic mass is 35.5. The van der Waals surface area contributed by atoms with Crippen molar-refractivity contribution in [3.8, 4) is 11.8 Å². The lowest BCUT2D eigenvalue weighted by Crippen LogP contribution is -2.45. The average Bonchev–Trinajstić information content (AvgIpc) is 3.29. The molecule has 0 bridgehead atoms. The molecule has 3 atom stereocenters. The second-order valence-electron chi connectivity index (χ2n) is 6.38. The number of aromatic carboxylic acids is 1. The topological polar surface area (TPSA) is 116 Å². The Morgan fingerprint density at radius 1 is 1.46 bits per heavy atom. The van der Waals surface area contributed by atoms with Gasteiger partial charge in [-0.15, -0.1) is 0 Å². The molecule has 2 saturated heterocycles. The zero-order valence-electron chi connectivity index (χ0n) is 14.2. The highest BCUT2D eigenvalue weighted by Gasteiger charge is 2.39. The number of pyridine rings is 1. The van der Waals surface area contributed by atoms with Crippen LogP contribution in [0.3, 0.4) is 0 Å². The van der Waals surface area contributed by atoms with E-state index in [1.54, 1.807) is 4.90 Å². The van der Waals surface area contributed by atoms with Crippen molar-refractivity contribution in [3.63, 3.8) is 0 Å². The van der Waals surface area contributed by atoms with Gasteiger partial charge in [-0.25, -0.2) is 9.78 Å². The molecule has 8 nitrogen and oxygen atoms in total. The summed E-state index contributed by atoms with van der Waals surface area (Å²) in [5, 5.41) is 21.9. The summed E-state index contributed by atoms with van der Waals surface area (Å²) < 4.78 is 5.28. The summed E-state index contributed by atoms with van der Waals surface area (Å²) in [6.45, 7) is 0.583. The normalized spacial score (nSPS) is 25.1. The van der Waals surface area contributed by atoms with Crippen molar-refractivity contribution in [2.75, 3.05) is 13.7 Å². The first-order chi connectivity index (χ1) is 12.5. The van der Waals surface area contributed by atoms with Gasteiger partial charge in [0.1, 0.15) is 22.5 Å². The first kappa shape index (κ1) is 18.4. The van der Waals surface area contributed by atoms with Crippen LogP contribution in [0.5, 0.6) is 5.75 Å². The fourth-order valence-corrected chi connectivity index (χ4v) is 3.96. The molecule has 138 valence electrons. The maximum Gasteiger partial charge on any atom is 0.341 e. The first-order valence-electron chi connectivity index (χ1n) is 8.39. The minimum Gasteiger partial charge on any atom is -0.495 e. The third-order valence-electron chi connectivity index (χ3n) is 4.93. The molecule has 2 aliphatic rings. The summed E-state index contributed by atoms with van der Waals surface area (Å²) in [7, 11) is 1.38. The molecule has 26 heavy (non-hydrogen) atoms. The molecule has 2 N–H and O–H groups in total. The van der Waals surface area contributed by atoms with Gasteiger partial charge in [-0.3, -0.25) is 10.1 Å². The van der Waals surface area contributed by atoms with Gasteiger partial charge in [-0.1, -0.05) is 11.6 Å². The number of carboxylic acids is 1. The standard InChI is InChI=1S/C17H19ClN4O4/c1-26-14-10(17(24)25)8-20-15(18)13(14)11-4-5-12(21-11)16(23)22-6-2-3-9(22)7-19/h8-9,11-12,21H,2-6H2,1H3,(H,24,25)/t9-,11+,12-/m0/s1. The summed E-state index contributed by atoms with van der Waals surface area (Å²) in [5.74, 6) is -1.11. The largest absolute Gasteiger partial charge is 0.495 e. The predicted molar refractivity (Wildman–Crippen MR) is 92.0 cm³/mol. The van der Waals surface area contributed by atoms with Crippen molar-refractivity contribution in [1.29, 1.82) is 5.26 Å². The number of likely N-dealkylation sites (tertiary alicyclic amines) is 1. The van der Waals surface area contributed by atoms with E-state index in [4.69, 9.17) is 16.3 Å². The molecule has 1 aromatic heterocycles. The summed E-state index contributed by atoms with van der Waals surface area (Å²) in [6.07, 6.45) is 3.83. The number of ether oxygens (including phenoxy) is 1. The molecule has 2 aliphatic heterocycles. The fraction of sp³-hybridized carbons (Fsp3) is 0.529. The number of carboxylic acid groups (broad SMARTS) is 1. The number of aromatic nitrogens is 1. The van der Waals surface area contributed by atoms with Crippen molar-refractivity contribution in [1.82, 2.24) is 15.2 Å². The molecular formula is C17H19ClN4O4. The Hall–Kier alpha value is -2.37. The minimum atomic E-state index is -1.16. The monoisotopic (exact) mass is 378 g/mol. The van der Waals surface area contributed by atoms with Gasteiger partial charge in [-0.2, -0.15) is 5.26 Å². The lowest BCUT2D eigenvalue weighted by molar-refractivity contribution is -0.133. The van der Waals surface area contributed by atoms with Gasteiger partial charge in [-0.05, 0) is 25.7 Å². The highest BCUT2D eigenvalue weighted by molar-refractivity contribution is 6.30. The van der Waals surface area contributed by atoms with E-state index in [0.717, 1.165) is 12.6 Å². The van der Waals surface area contributed by atoms with Gasteiger partial charge >= 0.3 is 5.97 Å². The number of nitrogens with one attached hydrogen (secondary N) is 1. The Morgan fingerprint density at radius 3 is 2.88 bits per heavy atom. The summed E-state index contributed by atoms with van der Waals surface area (Å²) in [5.41, 5.74) is 0.371. The quantitative estimate of drug-likeness (QED) is 0.766. The van der Waals surface area contributed by atoms with E-state index in [0.29, 0.717) is 31.4 Å². The third kappa shape index (κ3) is 3.20. The minimum absolute atomic E-state index is 0.0763. The number of nitriles is 1. The van der Waals surface area contributed by atoms with Crippen LogP contribution in [-0.4, -0.2) is 52.6 Å². The number of carbonyl (C=O) groups excluding carboxylic acids is 1. The lowest BCUT2D eigenvalue weighted by atomic mass is 10.0. The molecule has 0 saturated carbocycles. The number of halogens is 1. The average molecular weight is 379 g/mol. The maximum absolute atomic E-state index is 12.7. The molecule has 0 radical (unpaired) electrons. The molecular weight excluding hydrogens is 360 g/mol. The van der Waals surface area contributed by atoms with Crippen LogP contribution < -0.4 is 10.1 Å². The smallest absolute Gasteiger partial charge is 0.341 e. The maximum atomic E-state index is 12.7. The summed E-state index contributed by atoms with van der Waals surface area (Å²) in [4.78, 5) is 29.7. The molecule has 0 spiro atoms. The van der Waals surface area contributed by atoms with E-state index in [1.807, 2.05) is 0 Å². The zero-order chi connectivity index (χ0) is 18.8. The van der Waals surface area contributed by atoms with E-state index in [-0.39, 0.29) is 34.5 Å². The second-order valence-corrected chi connectivity index (χ2v) is 6.74. The van der Waals surface area contributed by atoms with Gasteiger partial charge in [0.15, 0.2) is 0 Å². The number of nitrogens with zero attached hydrogens (tertiary/aromatic N) is 3. The Kier molecular flexibility index (Phi) is 5.30. The second kappa shape index (κ2) is 7.48. The van der Waals surface area contributed by atoms with Crippen molar-refractivity contribution in [2.45, 2.75) is 43.8 Å². The summed E-state index contributed by atoms with van der Waals surface area (Å²) in [6, 6.07) is 1.01. The van der Waals surface area contributed by atoms with Crippen LogP contribution in [0.25, 0.3) is 0 Å². The molecule has 9 heteroatoms. The highest BCUT2D eigenvalue weighted by Crippen LogP contribution is 2.39. The summed E-state index contributed by atoms with van der Waals surface area (Å²) >= 11 is 6.20. The van der Waals surface area contributed by atoms with Gasteiger partial charge < -0.3 is 14.7 Å². The van der Waals surface area contributed by atoms with Crippen LogP contribution in [0.1, 0.15) is 47.6 Å². The van der Waals surface area contributed by atoms with Crippen LogP contribution in [0.4, 0.5) is 0 Å². The number of amides is 1. The number of hydrogen-bond donors (Lipinski definition) is 2. The van der Waals surface area contributed by atoms with E-state index in [9.17, 15) is 20.0 Å². The van der Waals surface area contributed by atoms with E-state index in [1.165, 1.54) is 7.11 Å². The third-order valence-corrected chi connectivity index (χ3v) is 5.23. The predicted octanol–water partition coefficient (Wildman–Crippen LogP) is 1.75. The molecule has 0 aliphatic carbocycles. The van der Waals surface area contributed by atoms with Gasteiger partial charge in [0.2, 0.25) is 5.91 Å². The Labute approximate surface area is 155 Å². The fourth-order valence-electron chi connectivity index (χ4n) is 3.69. The van der Waals surface area contributed by atoms with Crippen molar-refractivity contribution < 1.29 is 19.4 Å². The molecule has 2 fully saturated rings. The van der Waals surface area contributed by atoms with Crippen molar-refractivity contribution in [2.24, 2.45) is 0 Å². The molecule has 0 unspecified atom stereocenters. The molecule has 0 aromatic carbocycles. The number of carbonyl (C=O) groups is 2. The van der Waals surface area contributed by atoms with Crippen LogP contribution in [0.2, 0.25) is 5.15 Å².